The van der Waals surface area contributed by atoms with E-state index in [1.54, 1.807) is 37.5 Å². The maximum Gasteiger partial charge on any atom is 0.335 e. The van der Waals surface area contributed by atoms with Crippen molar-refractivity contribution in [3.63, 3.8) is 0 Å². The Morgan fingerprint density at radius 3 is 2.48 bits per heavy atom. The van der Waals surface area contributed by atoms with Crippen molar-refractivity contribution in [2.75, 3.05) is 13.7 Å². The number of benzene rings is 2. The van der Waals surface area contributed by atoms with Crippen molar-refractivity contribution >= 4 is 29.2 Å². The molecule has 0 saturated heterocycles. The predicted octanol–water partition coefficient (Wildman–Crippen LogP) is 5.17. The van der Waals surface area contributed by atoms with Crippen molar-refractivity contribution in [2.45, 2.75) is 31.9 Å². The minimum atomic E-state index is -0.956. The lowest BCUT2D eigenvalue weighted by Crippen LogP contribution is -2.38. The zero-order valence-electron chi connectivity index (χ0n) is 17.2. The van der Waals surface area contributed by atoms with Gasteiger partial charge in [0.25, 0.3) is 0 Å². The monoisotopic (exact) mass is 461 g/mol. The van der Waals surface area contributed by atoms with E-state index in [-0.39, 0.29) is 10.6 Å². The van der Waals surface area contributed by atoms with Gasteiger partial charge >= 0.3 is 5.97 Å². The molecule has 31 heavy (non-hydrogen) atoms. The number of aryl methyl sites for hydroxylation is 1. The molecule has 1 atom stereocenters. The first-order valence-electron chi connectivity index (χ1n) is 10.0. The number of ether oxygens (including phenoxy) is 1. The van der Waals surface area contributed by atoms with E-state index >= 15 is 0 Å². The average Bonchev–Trinajstić information content (AvgIpc) is 2.77. The second-order valence-corrected chi connectivity index (χ2v) is 8.19. The van der Waals surface area contributed by atoms with E-state index in [4.69, 9.17) is 33.0 Å². The molecular formula is C24H25Cl2NO4. The number of rotatable bonds is 9. The third-order valence-electron chi connectivity index (χ3n) is 5.28. The van der Waals surface area contributed by atoms with E-state index < -0.39 is 12.2 Å². The second kappa shape index (κ2) is 10.7. The molecule has 1 unspecified atom stereocenters. The summed E-state index contributed by atoms with van der Waals surface area (Å²) in [6, 6.07) is 14.7. The fraction of sp³-hybridized carbons (Fsp3) is 0.292. The summed E-state index contributed by atoms with van der Waals surface area (Å²) in [6.45, 7) is 0.502. The van der Waals surface area contributed by atoms with Gasteiger partial charge in [-0.2, -0.15) is 0 Å². The van der Waals surface area contributed by atoms with E-state index in [0.29, 0.717) is 24.4 Å². The van der Waals surface area contributed by atoms with E-state index in [9.17, 15) is 9.90 Å². The lowest BCUT2D eigenvalue weighted by molar-refractivity contribution is 0.0599. The van der Waals surface area contributed by atoms with Gasteiger partial charge in [-0.05, 0) is 67.2 Å². The molecule has 0 aromatic heterocycles. The Morgan fingerprint density at radius 2 is 1.81 bits per heavy atom. The van der Waals surface area contributed by atoms with Crippen molar-refractivity contribution in [3.05, 3.63) is 87.1 Å². The molecule has 7 heteroatoms. The average molecular weight is 462 g/mol. The van der Waals surface area contributed by atoms with Crippen LogP contribution in [0.5, 0.6) is 5.75 Å². The minimum absolute atomic E-state index is 0.244. The van der Waals surface area contributed by atoms with Crippen LogP contribution >= 0.6 is 23.2 Å². The highest BCUT2D eigenvalue weighted by Gasteiger charge is 2.27. The Bertz CT molecular complexity index is 985. The Kier molecular flexibility index (Phi) is 8.02. The van der Waals surface area contributed by atoms with Gasteiger partial charge in [-0.3, -0.25) is 0 Å². The summed E-state index contributed by atoms with van der Waals surface area (Å²) in [5.74, 6) is -0.129. The van der Waals surface area contributed by atoms with Crippen molar-refractivity contribution < 1.29 is 19.7 Å². The lowest BCUT2D eigenvalue weighted by Gasteiger charge is -2.35. The fourth-order valence-electron chi connectivity index (χ4n) is 3.58. The highest BCUT2D eigenvalue weighted by molar-refractivity contribution is 6.35. The van der Waals surface area contributed by atoms with Crippen LogP contribution in [-0.2, 0) is 12.8 Å². The first-order chi connectivity index (χ1) is 14.9. The molecule has 0 spiro atoms. The number of aromatic carboxylic acids is 1. The maximum absolute atomic E-state index is 11.0. The number of carbonyl (C=O) groups is 1. The molecular weight excluding hydrogens is 437 g/mol. The number of halogens is 2. The number of carboxylic acid groups (broad SMARTS) is 1. The van der Waals surface area contributed by atoms with Crippen LogP contribution < -0.4 is 4.74 Å². The van der Waals surface area contributed by atoms with Crippen LogP contribution in [0.2, 0.25) is 0 Å². The standard InChI is InChI=1S/C24H25Cl2NO4/c1-31-19-6-2-4-17(14-19)5-3-7-22-20(25)15-21(26)23(28)27(22)13-12-16-8-10-18(11-9-16)24(29)30/h2,4,6,8-11,14-15,23,28H,3,5,7,12-13H2,1H3,(H,29,30). The first kappa shape index (κ1) is 23.2. The van der Waals surface area contributed by atoms with Crippen molar-refractivity contribution in [2.24, 2.45) is 0 Å². The van der Waals surface area contributed by atoms with Gasteiger partial charge in [-0.25, -0.2) is 4.79 Å². The van der Waals surface area contributed by atoms with Crippen LogP contribution in [0.15, 0.2) is 70.4 Å². The Balaban J connectivity index is 1.66. The first-order valence-corrected chi connectivity index (χ1v) is 10.8. The van der Waals surface area contributed by atoms with Crippen molar-refractivity contribution in [3.8, 4) is 5.75 Å². The molecule has 164 valence electrons. The molecule has 2 N–H and O–H groups in total. The van der Waals surface area contributed by atoms with Crippen LogP contribution in [0.4, 0.5) is 0 Å². The largest absolute Gasteiger partial charge is 0.497 e. The second-order valence-electron chi connectivity index (χ2n) is 7.35. The van der Waals surface area contributed by atoms with E-state index in [1.807, 2.05) is 23.1 Å². The van der Waals surface area contributed by atoms with E-state index in [0.717, 1.165) is 29.9 Å². The SMILES string of the molecule is COc1cccc(CCCC2=C(Cl)C=C(Cl)C(O)N2CCc2ccc(C(=O)O)cc2)c1. The molecule has 0 radical (unpaired) electrons. The summed E-state index contributed by atoms with van der Waals surface area (Å²) in [5.41, 5.74) is 3.23. The summed E-state index contributed by atoms with van der Waals surface area (Å²) in [5, 5.41) is 20.5. The number of nitrogens with zero attached hydrogens (tertiary/aromatic N) is 1. The molecule has 0 aliphatic carbocycles. The molecule has 1 aliphatic rings. The van der Waals surface area contributed by atoms with Crippen molar-refractivity contribution in [1.82, 2.24) is 4.90 Å². The van der Waals surface area contributed by atoms with E-state index in [2.05, 4.69) is 6.07 Å². The van der Waals surface area contributed by atoms with E-state index in [1.165, 1.54) is 5.56 Å². The number of methoxy groups -OCH3 is 1. The smallest absolute Gasteiger partial charge is 0.335 e. The van der Waals surface area contributed by atoms with Crippen LogP contribution in [-0.4, -0.2) is 41.0 Å². The molecule has 1 heterocycles. The van der Waals surface area contributed by atoms with Crippen LogP contribution in [0.1, 0.15) is 34.3 Å². The molecule has 0 amide bonds. The zero-order chi connectivity index (χ0) is 22.4. The Labute approximate surface area is 192 Å². The molecule has 0 saturated carbocycles. The Hall–Kier alpha value is -2.47. The molecule has 1 aliphatic heterocycles. The summed E-state index contributed by atoms with van der Waals surface area (Å²) >= 11 is 12.7. The van der Waals surface area contributed by atoms with Gasteiger partial charge in [0, 0.05) is 12.2 Å². The van der Waals surface area contributed by atoms with Gasteiger partial charge in [0.1, 0.15) is 5.75 Å². The molecule has 0 bridgehead atoms. The van der Waals surface area contributed by atoms with Gasteiger partial charge in [0.2, 0.25) is 0 Å². The highest BCUT2D eigenvalue weighted by Crippen LogP contribution is 2.32. The lowest BCUT2D eigenvalue weighted by atomic mass is 10.0. The fourth-order valence-corrected chi connectivity index (χ4v) is 4.19. The molecule has 2 aromatic carbocycles. The van der Waals surface area contributed by atoms with Crippen LogP contribution in [0, 0.1) is 0 Å². The quantitative estimate of drug-likeness (QED) is 0.539. The molecule has 3 rings (SSSR count). The third-order valence-corrected chi connectivity index (χ3v) is 5.92. The maximum atomic E-state index is 11.0. The topological polar surface area (TPSA) is 70.0 Å². The number of aliphatic hydroxyl groups is 1. The van der Waals surface area contributed by atoms with Gasteiger partial charge in [-0.1, -0.05) is 47.5 Å². The Morgan fingerprint density at radius 1 is 1.06 bits per heavy atom. The minimum Gasteiger partial charge on any atom is -0.497 e. The summed E-state index contributed by atoms with van der Waals surface area (Å²) in [4.78, 5) is 12.8. The number of aliphatic hydroxyl groups excluding tert-OH is 1. The molecule has 0 fully saturated rings. The van der Waals surface area contributed by atoms with Gasteiger partial charge in [0.15, 0.2) is 6.23 Å². The predicted molar refractivity (Wildman–Crippen MR) is 123 cm³/mol. The summed E-state index contributed by atoms with van der Waals surface area (Å²) in [6.07, 6.45) is 3.65. The highest BCUT2D eigenvalue weighted by atomic mass is 35.5. The third kappa shape index (κ3) is 6.03. The van der Waals surface area contributed by atoms with Crippen LogP contribution in [0.25, 0.3) is 0 Å². The van der Waals surface area contributed by atoms with Gasteiger partial charge in [-0.15, -0.1) is 0 Å². The number of hydrogen-bond donors (Lipinski definition) is 2. The summed E-state index contributed by atoms with van der Waals surface area (Å²) < 4.78 is 5.28. The zero-order valence-corrected chi connectivity index (χ0v) is 18.7. The summed E-state index contributed by atoms with van der Waals surface area (Å²) in [7, 11) is 1.65. The number of hydrogen-bond acceptors (Lipinski definition) is 4. The van der Waals surface area contributed by atoms with Gasteiger partial charge in [0.05, 0.1) is 22.7 Å². The van der Waals surface area contributed by atoms with Crippen molar-refractivity contribution in [1.29, 1.82) is 0 Å². The molecule has 5 nitrogen and oxygen atoms in total. The number of allylic oxidation sites excluding steroid dienone is 3. The molecule has 2 aromatic rings. The van der Waals surface area contributed by atoms with Gasteiger partial charge < -0.3 is 19.8 Å². The van der Waals surface area contributed by atoms with Crippen LogP contribution in [0.3, 0.4) is 0 Å². The normalized spacial score (nSPS) is 16.3. The number of carboxylic acids is 1.